The summed E-state index contributed by atoms with van der Waals surface area (Å²) in [5.41, 5.74) is 1.39. The minimum absolute atomic E-state index is 0.152. The van der Waals surface area contributed by atoms with Crippen molar-refractivity contribution in [3.63, 3.8) is 0 Å². The smallest absolute Gasteiger partial charge is 0.330 e. The van der Waals surface area contributed by atoms with Crippen molar-refractivity contribution < 1.29 is 23.4 Å². The second-order valence-corrected chi connectivity index (χ2v) is 5.20. The molecule has 6 heteroatoms. The highest BCUT2D eigenvalue weighted by Crippen LogP contribution is 2.30. The molecule has 0 aromatic heterocycles. The Bertz CT molecular complexity index is 759. The Labute approximate surface area is 144 Å². The highest BCUT2D eigenvalue weighted by molar-refractivity contribution is 6.31. The van der Waals surface area contributed by atoms with E-state index in [1.54, 1.807) is 30.3 Å². The molecule has 0 fully saturated rings. The first-order valence-electron chi connectivity index (χ1n) is 7.04. The quantitative estimate of drug-likeness (QED) is 0.577. The van der Waals surface area contributed by atoms with Gasteiger partial charge in [0.05, 0.1) is 19.2 Å². The first-order valence-corrected chi connectivity index (χ1v) is 7.42. The molecular weight excluding hydrogens is 335 g/mol. The van der Waals surface area contributed by atoms with Crippen LogP contribution in [0.2, 0.25) is 5.02 Å². The standard InChI is InChI=1S/C18H16ClFO4/c1-22-16-7-3-12(4-8-18(21)23-2)9-17(16)24-11-13-5-6-14(20)10-15(13)19/h3-10H,11H2,1-2H3/b8-4+. The van der Waals surface area contributed by atoms with E-state index in [4.69, 9.17) is 21.1 Å². The lowest BCUT2D eigenvalue weighted by atomic mass is 10.2. The zero-order valence-electron chi connectivity index (χ0n) is 13.2. The maximum Gasteiger partial charge on any atom is 0.330 e. The van der Waals surface area contributed by atoms with Gasteiger partial charge in [0.25, 0.3) is 0 Å². The van der Waals surface area contributed by atoms with E-state index >= 15 is 0 Å². The molecule has 0 aliphatic rings. The van der Waals surface area contributed by atoms with E-state index in [1.807, 2.05) is 0 Å². The first-order chi connectivity index (χ1) is 11.5. The Kier molecular flexibility index (Phi) is 6.21. The van der Waals surface area contributed by atoms with Gasteiger partial charge in [-0.15, -0.1) is 0 Å². The number of methoxy groups -OCH3 is 2. The number of carbonyl (C=O) groups is 1. The van der Waals surface area contributed by atoms with Crippen molar-refractivity contribution in [1.82, 2.24) is 0 Å². The normalized spacial score (nSPS) is 10.7. The third-order valence-corrected chi connectivity index (χ3v) is 3.55. The highest BCUT2D eigenvalue weighted by Gasteiger charge is 2.08. The van der Waals surface area contributed by atoms with Crippen LogP contribution in [0.15, 0.2) is 42.5 Å². The van der Waals surface area contributed by atoms with Crippen LogP contribution in [0.5, 0.6) is 11.5 Å². The molecule has 0 spiro atoms. The fraction of sp³-hybridized carbons (Fsp3) is 0.167. The molecule has 0 N–H and O–H groups in total. The summed E-state index contributed by atoms with van der Waals surface area (Å²) in [7, 11) is 2.83. The molecule has 2 aromatic carbocycles. The predicted molar refractivity (Wildman–Crippen MR) is 89.8 cm³/mol. The molecule has 0 atom stereocenters. The van der Waals surface area contributed by atoms with E-state index in [0.29, 0.717) is 17.1 Å². The molecule has 0 aliphatic heterocycles. The van der Waals surface area contributed by atoms with E-state index < -0.39 is 11.8 Å². The van der Waals surface area contributed by atoms with Gasteiger partial charge in [-0.1, -0.05) is 23.7 Å². The van der Waals surface area contributed by atoms with E-state index in [2.05, 4.69) is 4.74 Å². The number of hydrogen-bond donors (Lipinski definition) is 0. The molecule has 0 saturated heterocycles. The van der Waals surface area contributed by atoms with Crippen LogP contribution in [0.3, 0.4) is 0 Å². The predicted octanol–water partition coefficient (Wildman–Crippen LogP) is 4.25. The molecule has 24 heavy (non-hydrogen) atoms. The third kappa shape index (κ3) is 4.73. The lowest BCUT2D eigenvalue weighted by molar-refractivity contribution is -0.134. The molecule has 126 valence electrons. The third-order valence-electron chi connectivity index (χ3n) is 3.20. The Morgan fingerprint density at radius 3 is 2.62 bits per heavy atom. The molecule has 2 aromatic rings. The molecular formula is C18H16ClFO4. The van der Waals surface area contributed by atoms with Crippen molar-refractivity contribution in [3.8, 4) is 11.5 Å². The summed E-state index contributed by atoms with van der Waals surface area (Å²) in [6.45, 7) is 0.152. The lowest BCUT2D eigenvalue weighted by Gasteiger charge is -2.12. The minimum Gasteiger partial charge on any atom is -0.493 e. The van der Waals surface area contributed by atoms with Crippen molar-refractivity contribution in [2.75, 3.05) is 14.2 Å². The first kappa shape index (κ1) is 17.8. The number of benzene rings is 2. The van der Waals surface area contributed by atoms with Crippen molar-refractivity contribution >= 4 is 23.6 Å². The molecule has 0 radical (unpaired) electrons. The number of hydrogen-bond acceptors (Lipinski definition) is 4. The Morgan fingerprint density at radius 1 is 1.17 bits per heavy atom. The summed E-state index contributed by atoms with van der Waals surface area (Å²) in [6.07, 6.45) is 2.91. The molecule has 0 unspecified atom stereocenters. The summed E-state index contributed by atoms with van der Waals surface area (Å²) in [6, 6.07) is 9.32. The van der Waals surface area contributed by atoms with Gasteiger partial charge in [-0.25, -0.2) is 9.18 Å². The minimum atomic E-state index is -0.452. The monoisotopic (exact) mass is 350 g/mol. The fourth-order valence-electron chi connectivity index (χ4n) is 1.94. The van der Waals surface area contributed by atoms with Gasteiger partial charge in [0.15, 0.2) is 11.5 Å². The van der Waals surface area contributed by atoms with Crippen LogP contribution in [-0.2, 0) is 16.1 Å². The summed E-state index contributed by atoms with van der Waals surface area (Å²) in [5, 5.41) is 0.288. The summed E-state index contributed by atoms with van der Waals surface area (Å²) in [5.74, 6) is 0.149. The van der Waals surface area contributed by atoms with E-state index in [0.717, 1.165) is 5.56 Å². The molecule has 0 heterocycles. The molecule has 0 bridgehead atoms. The average molecular weight is 351 g/mol. The van der Waals surface area contributed by atoms with Gasteiger partial charge in [-0.2, -0.15) is 0 Å². The summed E-state index contributed by atoms with van der Waals surface area (Å²) >= 11 is 5.99. The number of halogens is 2. The summed E-state index contributed by atoms with van der Waals surface area (Å²) in [4.78, 5) is 11.2. The molecule has 4 nitrogen and oxygen atoms in total. The number of ether oxygens (including phenoxy) is 3. The SMILES string of the molecule is COC(=O)/C=C/c1ccc(OC)c(OCc2ccc(F)cc2Cl)c1. The largest absolute Gasteiger partial charge is 0.493 e. The van der Waals surface area contributed by atoms with Gasteiger partial charge in [-0.05, 0) is 35.9 Å². The van der Waals surface area contributed by atoms with Gasteiger partial charge in [-0.3, -0.25) is 0 Å². The van der Waals surface area contributed by atoms with Crippen molar-refractivity contribution in [1.29, 1.82) is 0 Å². The van der Waals surface area contributed by atoms with Gasteiger partial charge in [0.1, 0.15) is 12.4 Å². The molecule has 2 rings (SSSR count). The van der Waals surface area contributed by atoms with Crippen LogP contribution in [-0.4, -0.2) is 20.2 Å². The van der Waals surface area contributed by atoms with Gasteiger partial charge >= 0.3 is 5.97 Å². The van der Waals surface area contributed by atoms with Crippen molar-refractivity contribution in [2.24, 2.45) is 0 Å². The van der Waals surface area contributed by atoms with Crippen molar-refractivity contribution in [3.05, 3.63) is 64.4 Å². The van der Waals surface area contributed by atoms with Crippen molar-refractivity contribution in [2.45, 2.75) is 6.61 Å². The Morgan fingerprint density at radius 2 is 1.96 bits per heavy atom. The van der Waals surface area contributed by atoms with Crippen LogP contribution in [0.4, 0.5) is 4.39 Å². The Balaban J connectivity index is 2.18. The maximum atomic E-state index is 13.1. The van der Waals surface area contributed by atoms with Gasteiger partial charge in [0, 0.05) is 11.6 Å². The molecule has 0 amide bonds. The zero-order chi connectivity index (χ0) is 17.5. The maximum absolute atomic E-state index is 13.1. The summed E-state index contributed by atoms with van der Waals surface area (Å²) < 4.78 is 28.6. The number of carbonyl (C=O) groups excluding carboxylic acids is 1. The average Bonchev–Trinajstić information content (AvgIpc) is 2.58. The topological polar surface area (TPSA) is 44.8 Å². The molecule has 0 saturated carbocycles. The van der Waals surface area contributed by atoms with Crippen LogP contribution in [0.25, 0.3) is 6.08 Å². The van der Waals surface area contributed by atoms with Crippen LogP contribution in [0.1, 0.15) is 11.1 Å². The van der Waals surface area contributed by atoms with Gasteiger partial charge < -0.3 is 14.2 Å². The van der Waals surface area contributed by atoms with E-state index in [-0.39, 0.29) is 11.6 Å². The van der Waals surface area contributed by atoms with Crippen LogP contribution < -0.4 is 9.47 Å². The van der Waals surface area contributed by atoms with Crippen LogP contribution in [0, 0.1) is 5.82 Å². The zero-order valence-corrected chi connectivity index (χ0v) is 14.0. The second-order valence-electron chi connectivity index (χ2n) is 4.79. The number of rotatable bonds is 6. The Hall–Kier alpha value is -2.53. The fourth-order valence-corrected chi connectivity index (χ4v) is 2.16. The van der Waals surface area contributed by atoms with Crippen LogP contribution >= 0.6 is 11.6 Å². The highest BCUT2D eigenvalue weighted by atomic mass is 35.5. The van der Waals surface area contributed by atoms with E-state index in [1.165, 1.54) is 32.4 Å². The second kappa shape index (κ2) is 8.36. The number of esters is 1. The lowest BCUT2D eigenvalue weighted by Crippen LogP contribution is -1.99. The van der Waals surface area contributed by atoms with E-state index in [9.17, 15) is 9.18 Å². The van der Waals surface area contributed by atoms with Gasteiger partial charge in [0.2, 0.25) is 0 Å². The molecule has 0 aliphatic carbocycles.